The molecule has 0 fully saturated rings. The van der Waals surface area contributed by atoms with Crippen molar-refractivity contribution in [3.63, 3.8) is 0 Å². The summed E-state index contributed by atoms with van der Waals surface area (Å²) in [5.41, 5.74) is 5.67. The van der Waals surface area contributed by atoms with Crippen molar-refractivity contribution in [2.75, 3.05) is 18.2 Å². The highest BCUT2D eigenvalue weighted by Gasteiger charge is 2.37. The van der Waals surface area contributed by atoms with Gasteiger partial charge in [-0.15, -0.1) is 0 Å². The van der Waals surface area contributed by atoms with Gasteiger partial charge in [-0.2, -0.15) is 18.3 Å². The summed E-state index contributed by atoms with van der Waals surface area (Å²) in [6.45, 7) is 1.30. The van der Waals surface area contributed by atoms with Crippen molar-refractivity contribution in [2.45, 2.75) is 32.1 Å². The fraction of sp³-hybridized carbons (Fsp3) is 0.368. The molecule has 0 bridgehead atoms. The van der Waals surface area contributed by atoms with Gasteiger partial charge in [0.05, 0.1) is 40.1 Å². The molecule has 3 rings (SSSR count). The van der Waals surface area contributed by atoms with E-state index in [0.29, 0.717) is 11.5 Å². The molecule has 0 saturated carbocycles. The normalized spacial score (nSPS) is 17.3. The molecule has 4 N–H and O–H groups in total. The topological polar surface area (TPSA) is 93.4 Å². The minimum atomic E-state index is -4.68. The summed E-state index contributed by atoms with van der Waals surface area (Å²) in [5, 5.41) is 4.77. The Morgan fingerprint density at radius 3 is 2.71 bits per heavy atom. The van der Waals surface area contributed by atoms with E-state index in [0.717, 1.165) is 12.1 Å². The van der Waals surface area contributed by atoms with Gasteiger partial charge in [0.15, 0.2) is 5.82 Å². The van der Waals surface area contributed by atoms with E-state index in [-0.39, 0.29) is 30.8 Å². The first-order valence-corrected chi connectivity index (χ1v) is 9.73. The molecule has 12 heteroatoms. The number of aromatic nitrogens is 2. The zero-order chi connectivity index (χ0) is 22.9. The van der Waals surface area contributed by atoms with Crippen LogP contribution in [0.25, 0.3) is 0 Å². The second-order valence-corrected chi connectivity index (χ2v) is 7.37. The van der Waals surface area contributed by atoms with E-state index in [4.69, 9.17) is 23.2 Å². The van der Waals surface area contributed by atoms with Crippen LogP contribution in [0.3, 0.4) is 0 Å². The Kier molecular flexibility index (Phi) is 6.46. The van der Waals surface area contributed by atoms with Crippen LogP contribution in [0.5, 0.6) is 0 Å². The van der Waals surface area contributed by atoms with Crippen molar-refractivity contribution in [2.24, 2.45) is 11.6 Å². The second kappa shape index (κ2) is 8.75. The zero-order valence-corrected chi connectivity index (χ0v) is 17.3. The number of aryl methyl sites for hydroxylation is 1. The number of hydrogen-bond donors (Lipinski definition) is 2. The van der Waals surface area contributed by atoms with E-state index in [9.17, 15) is 22.4 Å². The Bertz CT molecular complexity index is 1010. The van der Waals surface area contributed by atoms with Crippen LogP contribution in [0.15, 0.2) is 41.9 Å². The molecular weight excluding hydrogens is 440 g/mol. The Balaban J connectivity index is 1.85. The average Bonchev–Trinajstić information content (AvgIpc) is 3.17. The second-order valence-electron chi connectivity index (χ2n) is 6.99. The van der Waals surface area contributed by atoms with Gasteiger partial charge in [0.1, 0.15) is 6.67 Å². The number of carbonyl (C=O) groups is 1. The summed E-state index contributed by atoms with van der Waals surface area (Å²) < 4.78 is 53.3. The zero-order valence-electron chi connectivity index (χ0n) is 16.5. The molecule has 0 saturated heterocycles. The maximum atomic E-state index is 13.1. The van der Waals surface area contributed by atoms with Gasteiger partial charge in [-0.3, -0.25) is 14.5 Å². The van der Waals surface area contributed by atoms with Crippen LogP contribution in [0.4, 0.5) is 23.4 Å². The van der Waals surface area contributed by atoms with Gasteiger partial charge >= 0.3 is 6.18 Å². The number of alkyl halides is 4. The van der Waals surface area contributed by atoms with Crippen LogP contribution < -0.4 is 16.6 Å². The van der Waals surface area contributed by atoms with Crippen molar-refractivity contribution in [3.05, 3.63) is 58.0 Å². The number of halogens is 5. The van der Waals surface area contributed by atoms with Crippen LogP contribution in [0.2, 0.25) is 5.02 Å². The highest BCUT2D eigenvalue weighted by Crippen LogP contribution is 2.37. The first-order chi connectivity index (χ1) is 14.6. The van der Waals surface area contributed by atoms with Gasteiger partial charge in [-0.25, -0.2) is 10.2 Å². The van der Waals surface area contributed by atoms with Gasteiger partial charge in [0, 0.05) is 25.2 Å². The summed E-state index contributed by atoms with van der Waals surface area (Å²) >= 11 is 5.90. The molecule has 2 heterocycles. The molecular formula is C19H21ClF4N6O. The molecule has 0 aliphatic carbocycles. The molecule has 31 heavy (non-hydrogen) atoms. The van der Waals surface area contributed by atoms with E-state index >= 15 is 0 Å². The Hall–Kier alpha value is -2.79. The quantitative estimate of drug-likeness (QED) is 0.405. The minimum Gasteiger partial charge on any atom is -0.399 e. The van der Waals surface area contributed by atoms with Gasteiger partial charge in [0.2, 0.25) is 0 Å². The fourth-order valence-corrected chi connectivity index (χ4v) is 3.72. The highest BCUT2D eigenvalue weighted by atomic mass is 35.5. The maximum absolute atomic E-state index is 13.1. The molecule has 7 nitrogen and oxygen atoms in total. The smallest absolute Gasteiger partial charge is 0.399 e. The molecule has 0 radical (unpaired) electrons. The van der Waals surface area contributed by atoms with Gasteiger partial charge in [-0.05, 0) is 19.1 Å². The summed E-state index contributed by atoms with van der Waals surface area (Å²) in [5.74, 6) is 5.81. The number of anilines is 1. The van der Waals surface area contributed by atoms with Crippen LogP contribution in [0.1, 0.15) is 29.3 Å². The molecule has 1 aromatic heterocycles. The van der Waals surface area contributed by atoms with E-state index < -0.39 is 35.4 Å². The molecule has 0 unspecified atom stereocenters. The van der Waals surface area contributed by atoms with Gasteiger partial charge < -0.3 is 10.6 Å². The summed E-state index contributed by atoms with van der Waals surface area (Å²) in [6, 6.07) is 4.14. The van der Waals surface area contributed by atoms with Crippen molar-refractivity contribution < 1.29 is 22.4 Å². The number of carbonyl (C=O) groups excluding carboxylic acids is 1. The number of hydrazine groups is 1. The third-order valence-corrected chi connectivity index (χ3v) is 5.52. The molecule has 2 aromatic rings. The number of nitrogens with zero attached hydrogens (tertiary/aromatic N) is 4. The molecule has 0 spiro atoms. The number of amides is 1. The van der Waals surface area contributed by atoms with Crippen LogP contribution in [0, 0.1) is 0 Å². The van der Waals surface area contributed by atoms with Crippen LogP contribution >= 0.6 is 11.6 Å². The lowest BCUT2D eigenvalue weighted by atomic mass is 10.0. The molecule has 1 aromatic carbocycles. The van der Waals surface area contributed by atoms with Crippen molar-refractivity contribution in [1.29, 1.82) is 0 Å². The minimum absolute atomic E-state index is 0.0821. The lowest BCUT2D eigenvalue weighted by Crippen LogP contribution is -2.49. The Morgan fingerprint density at radius 2 is 2.06 bits per heavy atom. The van der Waals surface area contributed by atoms with Gasteiger partial charge in [0.25, 0.3) is 5.91 Å². The number of hydrogen-bond acceptors (Lipinski definition) is 5. The van der Waals surface area contributed by atoms with Crippen molar-refractivity contribution >= 4 is 23.3 Å². The predicted octanol–water partition coefficient (Wildman–Crippen LogP) is 3.31. The lowest BCUT2D eigenvalue weighted by molar-refractivity contribution is -0.137. The van der Waals surface area contributed by atoms with Crippen molar-refractivity contribution in [3.8, 4) is 0 Å². The van der Waals surface area contributed by atoms with Crippen molar-refractivity contribution in [1.82, 2.24) is 14.7 Å². The summed E-state index contributed by atoms with van der Waals surface area (Å²) in [7, 11) is 0. The van der Waals surface area contributed by atoms with Crippen LogP contribution in [-0.4, -0.2) is 39.8 Å². The SMILES string of the molecule is C[C@@H]1C(N)=C(N(N)c2ccn(CCF)n2)CCN1C(=O)c1cccc(C(F)(F)F)c1Cl. The van der Waals surface area contributed by atoms with E-state index in [1.54, 1.807) is 19.2 Å². The molecule has 168 valence electrons. The third kappa shape index (κ3) is 4.47. The predicted molar refractivity (Wildman–Crippen MR) is 108 cm³/mol. The Labute approximate surface area is 180 Å². The first-order valence-electron chi connectivity index (χ1n) is 9.35. The third-order valence-electron chi connectivity index (χ3n) is 5.11. The Morgan fingerprint density at radius 1 is 1.35 bits per heavy atom. The monoisotopic (exact) mass is 460 g/mol. The molecule has 1 atom stereocenters. The average molecular weight is 461 g/mol. The number of benzene rings is 1. The molecule has 1 amide bonds. The molecule has 1 aliphatic rings. The van der Waals surface area contributed by atoms with E-state index in [2.05, 4.69) is 5.10 Å². The fourth-order valence-electron chi connectivity index (χ4n) is 3.41. The number of rotatable bonds is 5. The summed E-state index contributed by atoms with van der Waals surface area (Å²) in [6.07, 6.45) is -2.87. The first kappa shape index (κ1) is 22.9. The highest BCUT2D eigenvalue weighted by molar-refractivity contribution is 6.34. The van der Waals surface area contributed by atoms with Gasteiger partial charge in [-0.1, -0.05) is 17.7 Å². The molecule has 1 aliphatic heterocycles. The van der Waals surface area contributed by atoms with E-state index in [1.165, 1.54) is 20.7 Å². The number of nitrogens with two attached hydrogens (primary N) is 2. The maximum Gasteiger partial charge on any atom is 0.417 e. The summed E-state index contributed by atoms with van der Waals surface area (Å²) in [4.78, 5) is 14.3. The lowest BCUT2D eigenvalue weighted by Gasteiger charge is -2.37. The van der Waals surface area contributed by atoms with Crippen LogP contribution in [-0.2, 0) is 12.7 Å². The standard InChI is InChI=1S/C19H21ClF4N6O/c1-11-17(25)14(30(26)15-6-8-28(27-15)10-7-21)5-9-29(11)18(31)12-3-2-4-13(16(12)20)19(22,23)24/h2-4,6,8,11H,5,7,9-10,25-26H2,1H3/t11-/m1/s1. The largest absolute Gasteiger partial charge is 0.417 e. The van der Waals surface area contributed by atoms with E-state index in [1.807, 2.05) is 0 Å².